The van der Waals surface area contributed by atoms with Gasteiger partial charge in [-0.2, -0.15) is 0 Å². The number of anilines is 1. The predicted octanol–water partition coefficient (Wildman–Crippen LogP) is 5.61. The summed E-state index contributed by atoms with van der Waals surface area (Å²) in [5.74, 6) is 0.583. The standard InChI is InChI=1S/C27H36N2O3/c1-5-7-8-9-15-28-26(31)21-12-10-11-20(16-21)18-29-23-17-22(27(3,4)6-2)13-14-24(23)32-19-25(29)30/h10-14,16-17H,5-9,15,18-19H2,1-4H3,(H,28,31). The number of fused-ring (bicyclic) bond motifs is 1. The first-order chi connectivity index (χ1) is 15.4. The minimum absolute atomic E-state index is 0.0102. The Balaban J connectivity index is 1.76. The first-order valence-electron chi connectivity index (χ1n) is 11.8. The number of rotatable bonds is 10. The molecule has 2 amide bonds. The number of ether oxygens (including phenoxy) is 1. The highest BCUT2D eigenvalue weighted by Crippen LogP contribution is 2.38. The molecule has 0 fully saturated rings. The predicted molar refractivity (Wildman–Crippen MR) is 129 cm³/mol. The molecule has 1 aliphatic heterocycles. The number of amides is 2. The molecule has 5 heteroatoms. The second-order valence-corrected chi connectivity index (χ2v) is 9.21. The number of benzene rings is 2. The molecule has 0 saturated carbocycles. The van der Waals surface area contributed by atoms with E-state index < -0.39 is 0 Å². The molecule has 0 atom stereocenters. The molecule has 2 aromatic carbocycles. The van der Waals surface area contributed by atoms with Crippen molar-refractivity contribution in [3.8, 4) is 5.75 Å². The summed E-state index contributed by atoms with van der Waals surface area (Å²) in [6, 6.07) is 13.7. The van der Waals surface area contributed by atoms with Crippen LogP contribution in [-0.4, -0.2) is 25.0 Å². The van der Waals surface area contributed by atoms with Gasteiger partial charge in [-0.05, 0) is 53.6 Å². The van der Waals surface area contributed by atoms with Gasteiger partial charge in [-0.15, -0.1) is 0 Å². The SMILES string of the molecule is CCCCCCNC(=O)c1cccc(CN2C(=O)COc3ccc(C(C)(C)CC)cc32)c1. The highest BCUT2D eigenvalue weighted by Gasteiger charge is 2.28. The van der Waals surface area contributed by atoms with Gasteiger partial charge in [0, 0.05) is 12.1 Å². The van der Waals surface area contributed by atoms with E-state index in [2.05, 4.69) is 45.1 Å². The van der Waals surface area contributed by atoms with E-state index in [1.54, 1.807) is 4.90 Å². The van der Waals surface area contributed by atoms with Gasteiger partial charge in [0.25, 0.3) is 11.8 Å². The zero-order chi connectivity index (χ0) is 23.1. The molecule has 0 bridgehead atoms. The van der Waals surface area contributed by atoms with E-state index in [1.807, 2.05) is 30.3 Å². The summed E-state index contributed by atoms with van der Waals surface area (Å²) in [6.07, 6.45) is 5.49. The Morgan fingerprint density at radius 1 is 1.09 bits per heavy atom. The molecule has 0 spiro atoms. The van der Waals surface area contributed by atoms with Crippen LogP contribution in [0.1, 0.15) is 81.3 Å². The summed E-state index contributed by atoms with van der Waals surface area (Å²) in [5, 5.41) is 3.00. The van der Waals surface area contributed by atoms with Crippen molar-refractivity contribution in [1.29, 1.82) is 0 Å². The van der Waals surface area contributed by atoms with Gasteiger partial charge in [-0.25, -0.2) is 0 Å². The maximum atomic E-state index is 12.8. The summed E-state index contributed by atoms with van der Waals surface area (Å²) >= 11 is 0. The molecule has 1 heterocycles. The van der Waals surface area contributed by atoms with E-state index in [4.69, 9.17) is 4.74 Å². The van der Waals surface area contributed by atoms with Crippen LogP contribution in [0.5, 0.6) is 5.75 Å². The molecular weight excluding hydrogens is 400 g/mol. The Morgan fingerprint density at radius 3 is 2.66 bits per heavy atom. The zero-order valence-corrected chi connectivity index (χ0v) is 19.9. The number of hydrogen-bond donors (Lipinski definition) is 1. The van der Waals surface area contributed by atoms with Crippen LogP contribution in [0, 0.1) is 0 Å². The smallest absolute Gasteiger partial charge is 0.265 e. The highest BCUT2D eigenvalue weighted by atomic mass is 16.5. The Kier molecular flexibility index (Phi) is 7.94. The van der Waals surface area contributed by atoms with E-state index in [0.29, 0.717) is 18.7 Å². The molecule has 3 rings (SSSR count). The van der Waals surface area contributed by atoms with Crippen molar-refractivity contribution in [2.24, 2.45) is 0 Å². The van der Waals surface area contributed by atoms with Gasteiger partial charge < -0.3 is 15.0 Å². The van der Waals surface area contributed by atoms with Gasteiger partial charge in [0.1, 0.15) is 5.75 Å². The summed E-state index contributed by atoms with van der Waals surface area (Å²) in [7, 11) is 0. The van der Waals surface area contributed by atoms with Crippen molar-refractivity contribution in [3.05, 3.63) is 59.2 Å². The van der Waals surface area contributed by atoms with Gasteiger partial charge in [0.05, 0.1) is 12.2 Å². The average molecular weight is 437 g/mol. The number of nitrogens with zero attached hydrogens (tertiary/aromatic N) is 1. The first-order valence-corrected chi connectivity index (χ1v) is 11.8. The topological polar surface area (TPSA) is 58.6 Å². The second kappa shape index (κ2) is 10.7. The maximum absolute atomic E-state index is 12.8. The van der Waals surface area contributed by atoms with Crippen LogP contribution in [0.15, 0.2) is 42.5 Å². The van der Waals surface area contributed by atoms with Crippen molar-refractivity contribution in [3.63, 3.8) is 0 Å². The molecule has 0 unspecified atom stereocenters. The maximum Gasteiger partial charge on any atom is 0.265 e. The monoisotopic (exact) mass is 436 g/mol. The summed E-state index contributed by atoms with van der Waals surface area (Å²) < 4.78 is 5.68. The second-order valence-electron chi connectivity index (χ2n) is 9.21. The van der Waals surface area contributed by atoms with Crippen LogP contribution in [-0.2, 0) is 16.8 Å². The molecule has 32 heavy (non-hydrogen) atoms. The number of unbranched alkanes of at least 4 members (excludes halogenated alkanes) is 3. The molecule has 0 saturated heterocycles. The van der Waals surface area contributed by atoms with E-state index >= 15 is 0 Å². The van der Waals surface area contributed by atoms with Crippen molar-refractivity contribution >= 4 is 17.5 Å². The van der Waals surface area contributed by atoms with Crippen molar-refractivity contribution in [1.82, 2.24) is 5.32 Å². The molecule has 5 nitrogen and oxygen atoms in total. The summed E-state index contributed by atoms with van der Waals surface area (Å²) in [4.78, 5) is 27.1. The number of nitrogens with one attached hydrogen (secondary N) is 1. The number of hydrogen-bond acceptors (Lipinski definition) is 3. The van der Waals surface area contributed by atoms with E-state index in [9.17, 15) is 9.59 Å². The Bertz CT molecular complexity index is 952. The largest absolute Gasteiger partial charge is 0.482 e. The molecule has 1 aliphatic rings. The van der Waals surface area contributed by atoms with Crippen LogP contribution in [0.3, 0.4) is 0 Å². The van der Waals surface area contributed by atoms with Crippen LogP contribution < -0.4 is 15.0 Å². The van der Waals surface area contributed by atoms with Gasteiger partial charge in [-0.3, -0.25) is 9.59 Å². The molecule has 0 radical (unpaired) electrons. The molecule has 0 aromatic heterocycles. The third-order valence-corrected chi connectivity index (χ3v) is 6.41. The van der Waals surface area contributed by atoms with Crippen molar-refractivity contribution in [2.75, 3.05) is 18.1 Å². The lowest BCUT2D eigenvalue weighted by Crippen LogP contribution is -2.38. The number of carbonyl (C=O) groups excluding carboxylic acids is 2. The lowest BCUT2D eigenvalue weighted by molar-refractivity contribution is -0.121. The normalized spacial score (nSPS) is 13.5. The van der Waals surface area contributed by atoms with Crippen LogP contribution >= 0.6 is 0 Å². The fraction of sp³-hybridized carbons (Fsp3) is 0.481. The lowest BCUT2D eigenvalue weighted by Gasteiger charge is -2.32. The van der Waals surface area contributed by atoms with E-state index in [-0.39, 0.29) is 23.8 Å². The Morgan fingerprint density at radius 2 is 1.91 bits per heavy atom. The fourth-order valence-corrected chi connectivity index (χ4v) is 3.85. The molecule has 0 aliphatic carbocycles. The molecule has 172 valence electrons. The molecular formula is C27H36N2O3. The van der Waals surface area contributed by atoms with Gasteiger partial charge in [0.15, 0.2) is 6.61 Å². The molecule has 1 N–H and O–H groups in total. The first kappa shape index (κ1) is 23.8. The summed E-state index contributed by atoms with van der Waals surface area (Å²) in [6.45, 7) is 9.87. The third kappa shape index (κ3) is 5.70. The highest BCUT2D eigenvalue weighted by molar-refractivity contribution is 5.98. The van der Waals surface area contributed by atoms with Crippen molar-refractivity contribution < 1.29 is 14.3 Å². The minimum Gasteiger partial charge on any atom is -0.482 e. The Hall–Kier alpha value is -2.82. The third-order valence-electron chi connectivity index (χ3n) is 6.41. The summed E-state index contributed by atoms with van der Waals surface area (Å²) in [5.41, 5.74) is 3.53. The van der Waals surface area contributed by atoms with E-state index in [0.717, 1.165) is 36.3 Å². The van der Waals surface area contributed by atoms with Gasteiger partial charge >= 0.3 is 0 Å². The zero-order valence-electron chi connectivity index (χ0n) is 19.9. The van der Waals surface area contributed by atoms with Gasteiger partial charge in [-0.1, -0.05) is 65.2 Å². The quantitative estimate of drug-likeness (QED) is 0.493. The fourth-order valence-electron chi connectivity index (χ4n) is 3.85. The van der Waals surface area contributed by atoms with Crippen LogP contribution in [0.25, 0.3) is 0 Å². The number of carbonyl (C=O) groups is 2. The minimum atomic E-state index is -0.0743. The van der Waals surface area contributed by atoms with E-state index in [1.165, 1.54) is 18.4 Å². The van der Waals surface area contributed by atoms with Crippen molar-refractivity contribution in [2.45, 2.75) is 71.8 Å². The van der Waals surface area contributed by atoms with Crippen LogP contribution in [0.4, 0.5) is 5.69 Å². The molecule has 2 aromatic rings. The average Bonchev–Trinajstić information content (AvgIpc) is 2.80. The Labute approximate surface area is 192 Å². The lowest BCUT2D eigenvalue weighted by atomic mass is 9.82. The van der Waals surface area contributed by atoms with Gasteiger partial charge in [0.2, 0.25) is 0 Å². The van der Waals surface area contributed by atoms with Crippen LogP contribution in [0.2, 0.25) is 0 Å².